The summed E-state index contributed by atoms with van der Waals surface area (Å²) in [4.78, 5) is 36.9. The van der Waals surface area contributed by atoms with E-state index in [0.29, 0.717) is 32.0 Å². The van der Waals surface area contributed by atoms with Crippen LogP contribution < -0.4 is 10.6 Å². The van der Waals surface area contributed by atoms with Gasteiger partial charge in [0.15, 0.2) is 5.96 Å². The molecule has 2 N–H and O–H groups in total. The lowest BCUT2D eigenvalue weighted by Gasteiger charge is -2.20. The van der Waals surface area contributed by atoms with Crippen LogP contribution in [0.25, 0.3) is 0 Å². The number of aromatic nitrogens is 1. The fourth-order valence-electron chi connectivity index (χ4n) is 3.18. The number of rotatable bonds is 8. The lowest BCUT2D eigenvalue weighted by molar-refractivity contribution is -0.133. The monoisotopic (exact) mass is 402 g/mol. The lowest BCUT2D eigenvalue weighted by Crippen LogP contribution is -2.46. The van der Waals surface area contributed by atoms with Crippen LogP contribution in [0.15, 0.2) is 29.4 Å². The Morgan fingerprint density at radius 2 is 2.17 bits per heavy atom. The van der Waals surface area contributed by atoms with E-state index in [-0.39, 0.29) is 30.3 Å². The van der Waals surface area contributed by atoms with Crippen molar-refractivity contribution in [1.82, 2.24) is 25.4 Å². The fourth-order valence-corrected chi connectivity index (χ4v) is 3.18. The molecule has 0 spiro atoms. The maximum atomic E-state index is 12.4. The van der Waals surface area contributed by atoms with Gasteiger partial charge in [-0.3, -0.25) is 14.6 Å². The molecule has 0 radical (unpaired) electrons. The molecule has 1 aliphatic rings. The van der Waals surface area contributed by atoms with Gasteiger partial charge in [0.1, 0.15) is 6.54 Å². The fraction of sp³-hybridized carbons (Fsp3) is 0.619. The summed E-state index contributed by atoms with van der Waals surface area (Å²) in [5.74, 6) is 0.764. The molecule has 0 aliphatic carbocycles. The van der Waals surface area contributed by atoms with E-state index in [4.69, 9.17) is 0 Å². The first-order chi connectivity index (χ1) is 13.9. The Balaban J connectivity index is 1.83. The van der Waals surface area contributed by atoms with Crippen molar-refractivity contribution in [2.75, 3.05) is 39.8 Å². The Bertz CT molecular complexity index is 692. The first kappa shape index (κ1) is 22.6. The molecule has 1 aromatic rings. The molecule has 1 aliphatic heterocycles. The van der Waals surface area contributed by atoms with Gasteiger partial charge in [0.2, 0.25) is 11.8 Å². The Morgan fingerprint density at radius 3 is 2.83 bits per heavy atom. The molecule has 2 amide bonds. The van der Waals surface area contributed by atoms with Crippen LogP contribution in [0.5, 0.6) is 0 Å². The average molecular weight is 403 g/mol. The minimum absolute atomic E-state index is 0.00917. The van der Waals surface area contributed by atoms with Crippen molar-refractivity contribution in [3.63, 3.8) is 0 Å². The van der Waals surface area contributed by atoms with E-state index in [1.165, 1.54) is 0 Å². The van der Waals surface area contributed by atoms with E-state index in [9.17, 15) is 9.59 Å². The molecule has 1 unspecified atom stereocenters. The summed E-state index contributed by atoms with van der Waals surface area (Å²) in [6, 6.07) is 5.93. The number of hydrogen-bond donors (Lipinski definition) is 2. The number of hydrogen-bond acceptors (Lipinski definition) is 4. The summed E-state index contributed by atoms with van der Waals surface area (Å²) in [6.07, 6.45) is 3.35. The summed E-state index contributed by atoms with van der Waals surface area (Å²) in [6.45, 7) is 8.63. The van der Waals surface area contributed by atoms with Gasteiger partial charge in [-0.15, -0.1) is 0 Å². The molecule has 2 rings (SSSR count). The maximum Gasteiger partial charge on any atom is 0.244 e. The molecule has 1 fully saturated rings. The number of guanidine groups is 1. The molecule has 1 saturated heterocycles. The first-order valence-electron chi connectivity index (χ1n) is 10.4. The van der Waals surface area contributed by atoms with Gasteiger partial charge >= 0.3 is 0 Å². The number of pyridine rings is 1. The Kier molecular flexibility index (Phi) is 8.89. The van der Waals surface area contributed by atoms with Crippen molar-refractivity contribution in [3.8, 4) is 0 Å². The Hall–Kier alpha value is -2.64. The zero-order valence-electron chi connectivity index (χ0n) is 18.0. The van der Waals surface area contributed by atoms with Gasteiger partial charge in [0, 0.05) is 63.5 Å². The van der Waals surface area contributed by atoms with E-state index < -0.39 is 0 Å². The highest BCUT2D eigenvalue weighted by molar-refractivity contribution is 5.85. The molecular weight excluding hydrogens is 368 g/mol. The second-order valence-corrected chi connectivity index (χ2v) is 7.65. The van der Waals surface area contributed by atoms with Crippen LogP contribution in [0.2, 0.25) is 0 Å². The van der Waals surface area contributed by atoms with E-state index in [2.05, 4.69) is 20.6 Å². The average Bonchev–Trinajstić information content (AvgIpc) is 3.18. The number of carbonyl (C=O) groups is 2. The van der Waals surface area contributed by atoms with Crippen LogP contribution >= 0.6 is 0 Å². The summed E-state index contributed by atoms with van der Waals surface area (Å²) < 4.78 is 0. The van der Waals surface area contributed by atoms with Gasteiger partial charge in [-0.25, -0.2) is 4.99 Å². The number of carbonyl (C=O) groups excluding carboxylic acids is 2. The van der Waals surface area contributed by atoms with Crippen LogP contribution in [0.1, 0.15) is 32.9 Å². The van der Waals surface area contributed by atoms with E-state index in [0.717, 1.165) is 18.7 Å². The van der Waals surface area contributed by atoms with Crippen LogP contribution in [-0.2, 0) is 16.0 Å². The highest BCUT2D eigenvalue weighted by Gasteiger charge is 2.28. The predicted octanol–water partition coefficient (Wildman–Crippen LogP) is 0.895. The largest absolute Gasteiger partial charge is 0.357 e. The molecule has 160 valence electrons. The quantitative estimate of drug-likeness (QED) is 0.498. The van der Waals surface area contributed by atoms with Crippen LogP contribution in [0.4, 0.5) is 0 Å². The van der Waals surface area contributed by atoms with Crippen molar-refractivity contribution >= 4 is 17.8 Å². The van der Waals surface area contributed by atoms with E-state index >= 15 is 0 Å². The third-order valence-corrected chi connectivity index (χ3v) is 4.91. The first-order valence-corrected chi connectivity index (χ1v) is 10.4. The summed E-state index contributed by atoms with van der Waals surface area (Å²) in [5.41, 5.74) is 0.965. The second kappa shape index (κ2) is 11.4. The standard InChI is InChI=1S/C21H34N6O2/c1-5-22-21(25-18-10-13-27(15-18)20(29)16(2)3)24-14-19(28)26(4)12-9-17-8-6-7-11-23-17/h6-8,11,16,18H,5,9-10,12-15H2,1-4H3,(H2,22,24,25). The van der Waals surface area contributed by atoms with Crippen molar-refractivity contribution < 1.29 is 9.59 Å². The van der Waals surface area contributed by atoms with Gasteiger partial charge in [-0.05, 0) is 25.5 Å². The zero-order chi connectivity index (χ0) is 21.2. The number of nitrogens with zero attached hydrogens (tertiary/aromatic N) is 4. The third-order valence-electron chi connectivity index (χ3n) is 4.91. The molecule has 0 saturated carbocycles. The molecule has 0 aromatic carbocycles. The molecular formula is C21H34N6O2. The van der Waals surface area contributed by atoms with Gasteiger partial charge in [0.05, 0.1) is 0 Å². The molecule has 8 heteroatoms. The summed E-state index contributed by atoms with van der Waals surface area (Å²) in [7, 11) is 1.79. The smallest absolute Gasteiger partial charge is 0.244 e. The summed E-state index contributed by atoms with van der Waals surface area (Å²) in [5, 5.41) is 6.54. The molecule has 0 bridgehead atoms. The molecule has 1 aromatic heterocycles. The number of nitrogens with one attached hydrogen (secondary N) is 2. The van der Waals surface area contributed by atoms with Crippen molar-refractivity contribution in [2.24, 2.45) is 10.9 Å². The van der Waals surface area contributed by atoms with E-state index in [1.807, 2.05) is 43.9 Å². The highest BCUT2D eigenvalue weighted by Crippen LogP contribution is 2.12. The van der Waals surface area contributed by atoms with Gasteiger partial charge in [-0.1, -0.05) is 19.9 Å². The maximum absolute atomic E-state index is 12.4. The van der Waals surface area contributed by atoms with Crippen molar-refractivity contribution in [2.45, 2.75) is 39.7 Å². The summed E-state index contributed by atoms with van der Waals surface area (Å²) >= 11 is 0. The highest BCUT2D eigenvalue weighted by atomic mass is 16.2. The van der Waals surface area contributed by atoms with Crippen LogP contribution in [0.3, 0.4) is 0 Å². The Morgan fingerprint density at radius 1 is 1.38 bits per heavy atom. The molecule has 1 atom stereocenters. The van der Waals surface area contributed by atoms with Crippen LogP contribution in [0, 0.1) is 5.92 Å². The third kappa shape index (κ3) is 7.36. The second-order valence-electron chi connectivity index (χ2n) is 7.65. The SMILES string of the molecule is CCNC(=NCC(=O)N(C)CCc1ccccn1)NC1CCN(C(=O)C(C)C)C1. The zero-order valence-corrected chi connectivity index (χ0v) is 18.0. The van der Waals surface area contributed by atoms with Crippen LogP contribution in [-0.4, -0.2) is 78.4 Å². The number of likely N-dealkylation sites (N-methyl/N-ethyl adjacent to an activating group) is 1. The topological polar surface area (TPSA) is 89.9 Å². The number of aliphatic imine (C=N–C) groups is 1. The number of likely N-dealkylation sites (tertiary alicyclic amines) is 1. The Labute approximate surface area is 173 Å². The van der Waals surface area contributed by atoms with Crippen molar-refractivity contribution in [1.29, 1.82) is 0 Å². The van der Waals surface area contributed by atoms with Crippen molar-refractivity contribution in [3.05, 3.63) is 30.1 Å². The van der Waals surface area contributed by atoms with Gasteiger partial charge < -0.3 is 20.4 Å². The molecule has 8 nitrogen and oxygen atoms in total. The predicted molar refractivity (Wildman–Crippen MR) is 115 cm³/mol. The van der Waals surface area contributed by atoms with Gasteiger partial charge in [-0.2, -0.15) is 0 Å². The minimum Gasteiger partial charge on any atom is -0.357 e. The number of amides is 2. The molecule has 2 heterocycles. The minimum atomic E-state index is -0.0406. The van der Waals surface area contributed by atoms with E-state index in [1.54, 1.807) is 18.1 Å². The molecule has 29 heavy (non-hydrogen) atoms. The van der Waals surface area contributed by atoms with Gasteiger partial charge in [0.25, 0.3) is 0 Å². The normalized spacial score (nSPS) is 16.8. The lowest BCUT2D eigenvalue weighted by atomic mass is 10.2.